The summed E-state index contributed by atoms with van der Waals surface area (Å²) in [7, 11) is 2.17. The molecule has 164 valence electrons. The first-order chi connectivity index (χ1) is 15.5. The zero-order chi connectivity index (χ0) is 22.2. The predicted molar refractivity (Wildman–Crippen MR) is 129 cm³/mol. The van der Waals surface area contributed by atoms with Crippen LogP contribution < -0.4 is 9.64 Å². The van der Waals surface area contributed by atoms with Crippen LogP contribution >= 0.6 is 11.6 Å². The van der Waals surface area contributed by atoms with Gasteiger partial charge in [-0.2, -0.15) is 0 Å². The molecule has 2 aliphatic heterocycles. The highest BCUT2D eigenvalue weighted by Crippen LogP contribution is 2.45. The zero-order valence-electron chi connectivity index (χ0n) is 18.4. The Bertz CT molecular complexity index is 1140. The maximum Gasteiger partial charge on any atom is 0.258 e. The van der Waals surface area contributed by atoms with Gasteiger partial charge in [-0.1, -0.05) is 41.4 Å². The third-order valence-electron chi connectivity index (χ3n) is 6.56. The second-order valence-electron chi connectivity index (χ2n) is 8.91. The van der Waals surface area contributed by atoms with E-state index in [1.165, 1.54) is 11.1 Å². The first-order valence-corrected chi connectivity index (χ1v) is 11.5. The molecule has 0 unspecified atom stereocenters. The molecular formula is C27H27ClN2O2. The van der Waals surface area contributed by atoms with Crippen molar-refractivity contribution in [2.45, 2.75) is 31.9 Å². The van der Waals surface area contributed by atoms with Crippen molar-refractivity contribution in [1.29, 1.82) is 0 Å². The minimum Gasteiger partial charge on any atom is -0.489 e. The minimum atomic E-state index is 0.0699. The third kappa shape index (κ3) is 4.01. The number of halogens is 1. The number of anilines is 1. The van der Waals surface area contributed by atoms with Gasteiger partial charge in [-0.25, -0.2) is 0 Å². The van der Waals surface area contributed by atoms with Gasteiger partial charge in [0, 0.05) is 34.8 Å². The Balaban J connectivity index is 1.40. The van der Waals surface area contributed by atoms with Crippen LogP contribution in [0.15, 0.2) is 66.7 Å². The molecule has 5 rings (SSSR count). The molecule has 3 aromatic carbocycles. The van der Waals surface area contributed by atoms with Gasteiger partial charge in [0.25, 0.3) is 5.91 Å². The molecule has 0 radical (unpaired) electrons. The Hall–Kier alpha value is -2.82. The number of amides is 1. The van der Waals surface area contributed by atoms with Gasteiger partial charge in [-0.15, -0.1) is 0 Å². The number of hydrogen-bond donors (Lipinski definition) is 0. The van der Waals surface area contributed by atoms with Crippen LogP contribution in [0.1, 0.15) is 39.4 Å². The van der Waals surface area contributed by atoms with Crippen molar-refractivity contribution in [3.63, 3.8) is 0 Å². The number of carbonyl (C=O) groups excluding carboxylic acids is 1. The van der Waals surface area contributed by atoms with Crippen molar-refractivity contribution in [1.82, 2.24) is 4.90 Å². The molecule has 5 heteroatoms. The summed E-state index contributed by atoms with van der Waals surface area (Å²) in [5.41, 5.74) is 5.28. The molecular weight excluding hydrogens is 420 g/mol. The first kappa shape index (κ1) is 21.0. The fourth-order valence-electron chi connectivity index (χ4n) is 4.98. The summed E-state index contributed by atoms with van der Waals surface area (Å²) in [5, 5.41) is 0.679. The Labute approximate surface area is 194 Å². The van der Waals surface area contributed by atoms with Gasteiger partial charge in [0.1, 0.15) is 12.4 Å². The summed E-state index contributed by atoms with van der Waals surface area (Å²) in [6.07, 6.45) is 0.986. The van der Waals surface area contributed by atoms with Gasteiger partial charge in [0.05, 0.1) is 0 Å². The van der Waals surface area contributed by atoms with E-state index in [-0.39, 0.29) is 11.9 Å². The molecule has 1 fully saturated rings. The molecule has 32 heavy (non-hydrogen) atoms. The molecule has 3 aromatic rings. The Morgan fingerprint density at radius 3 is 2.72 bits per heavy atom. The van der Waals surface area contributed by atoms with Crippen LogP contribution in [0.25, 0.3) is 0 Å². The lowest BCUT2D eigenvalue weighted by molar-refractivity contribution is 0.0964. The highest BCUT2D eigenvalue weighted by Gasteiger charge is 2.44. The fourth-order valence-corrected chi connectivity index (χ4v) is 5.10. The Morgan fingerprint density at radius 2 is 1.91 bits per heavy atom. The number of carbonyl (C=O) groups is 1. The number of likely N-dealkylation sites (N-methyl/N-ethyl adjacent to an activating group) is 1. The normalized spacial score (nSPS) is 20.0. The number of aryl methyl sites for hydroxylation is 1. The van der Waals surface area contributed by atoms with Crippen molar-refractivity contribution in [2.24, 2.45) is 0 Å². The van der Waals surface area contributed by atoms with Crippen LogP contribution in [0.2, 0.25) is 5.02 Å². The standard InChI is InChI=1S/C27H27ClN2O2/c1-18-6-11-25-23(14-18)24-16-29(2)13-12-26(24)30(25)27(31)20-5-3-4-19(15-20)17-32-22-9-7-21(28)8-10-22/h3-11,14-15,24,26H,12-13,16-17H2,1-2H3/t24-,26-/m1/s1. The average molecular weight is 447 g/mol. The summed E-state index contributed by atoms with van der Waals surface area (Å²) >= 11 is 5.95. The number of piperidine rings is 1. The minimum absolute atomic E-state index is 0.0699. The monoisotopic (exact) mass is 446 g/mol. The van der Waals surface area contributed by atoms with E-state index in [0.717, 1.165) is 36.5 Å². The highest BCUT2D eigenvalue weighted by molar-refractivity contribution is 6.30. The lowest BCUT2D eigenvalue weighted by atomic mass is 9.88. The van der Waals surface area contributed by atoms with E-state index in [1.54, 1.807) is 12.1 Å². The second-order valence-corrected chi connectivity index (χ2v) is 9.34. The third-order valence-corrected chi connectivity index (χ3v) is 6.82. The highest BCUT2D eigenvalue weighted by atomic mass is 35.5. The van der Waals surface area contributed by atoms with Crippen molar-refractivity contribution in [3.05, 3.63) is 94.0 Å². The average Bonchev–Trinajstić information content (AvgIpc) is 3.11. The van der Waals surface area contributed by atoms with E-state index >= 15 is 0 Å². The van der Waals surface area contributed by atoms with E-state index in [0.29, 0.717) is 23.1 Å². The van der Waals surface area contributed by atoms with Crippen molar-refractivity contribution < 1.29 is 9.53 Å². The van der Waals surface area contributed by atoms with Crippen LogP contribution in [0.5, 0.6) is 5.75 Å². The second kappa shape index (κ2) is 8.61. The number of benzene rings is 3. The molecule has 1 saturated heterocycles. The molecule has 0 bridgehead atoms. The summed E-state index contributed by atoms with van der Waals surface area (Å²) in [6, 6.07) is 21.8. The number of fused-ring (bicyclic) bond motifs is 3. The molecule has 0 spiro atoms. The lowest BCUT2D eigenvalue weighted by Gasteiger charge is -2.36. The maximum absolute atomic E-state index is 13.8. The van der Waals surface area contributed by atoms with Crippen molar-refractivity contribution in [3.8, 4) is 5.75 Å². The van der Waals surface area contributed by atoms with Crippen LogP contribution in [0.4, 0.5) is 5.69 Å². The number of likely N-dealkylation sites (tertiary alicyclic amines) is 1. The number of nitrogens with zero attached hydrogens (tertiary/aromatic N) is 2. The van der Waals surface area contributed by atoms with Crippen molar-refractivity contribution >= 4 is 23.2 Å². The van der Waals surface area contributed by atoms with E-state index in [1.807, 2.05) is 41.3 Å². The zero-order valence-corrected chi connectivity index (χ0v) is 19.2. The molecule has 2 aliphatic rings. The molecule has 2 atom stereocenters. The molecule has 0 aromatic heterocycles. The number of ether oxygens (including phenoxy) is 1. The molecule has 1 amide bonds. The summed E-state index contributed by atoms with van der Waals surface area (Å²) in [5.74, 6) is 1.19. The molecule has 4 nitrogen and oxygen atoms in total. The van der Waals surface area contributed by atoms with Gasteiger partial charge in [-0.3, -0.25) is 4.79 Å². The fraction of sp³-hybridized carbons (Fsp3) is 0.296. The van der Waals surface area contributed by atoms with E-state index in [4.69, 9.17) is 16.3 Å². The molecule has 0 N–H and O–H groups in total. The van der Waals surface area contributed by atoms with Gasteiger partial charge >= 0.3 is 0 Å². The van der Waals surface area contributed by atoms with E-state index in [9.17, 15) is 4.79 Å². The van der Waals surface area contributed by atoms with E-state index in [2.05, 4.69) is 37.1 Å². The van der Waals surface area contributed by atoms with Crippen molar-refractivity contribution in [2.75, 3.05) is 25.0 Å². The summed E-state index contributed by atoms with van der Waals surface area (Å²) in [4.78, 5) is 18.2. The SMILES string of the molecule is Cc1ccc2c(c1)[C@H]1CN(C)CC[C@H]1N2C(=O)c1cccc(COc2ccc(Cl)cc2)c1. The van der Waals surface area contributed by atoms with Crippen LogP contribution in [-0.4, -0.2) is 37.0 Å². The summed E-state index contributed by atoms with van der Waals surface area (Å²) < 4.78 is 5.89. The van der Waals surface area contributed by atoms with Gasteiger partial charge in [0.2, 0.25) is 0 Å². The predicted octanol–water partition coefficient (Wildman–Crippen LogP) is 5.68. The Morgan fingerprint density at radius 1 is 1.09 bits per heavy atom. The maximum atomic E-state index is 13.8. The number of rotatable bonds is 4. The lowest BCUT2D eigenvalue weighted by Crippen LogP contribution is -2.47. The van der Waals surface area contributed by atoms with E-state index < -0.39 is 0 Å². The molecule has 0 aliphatic carbocycles. The first-order valence-electron chi connectivity index (χ1n) is 11.1. The number of hydrogen-bond acceptors (Lipinski definition) is 3. The molecule has 0 saturated carbocycles. The van der Waals surface area contributed by atoms with Crippen LogP contribution in [0.3, 0.4) is 0 Å². The van der Waals surface area contributed by atoms with Gasteiger partial charge in [0.15, 0.2) is 0 Å². The smallest absolute Gasteiger partial charge is 0.258 e. The van der Waals surface area contributed by atoms with Gasteiger partial charge in [-0.05, 0) is 80.5 Å². The van der Waals surface area contributed by atoms with Gasteiger partial charge < -0.3 is 14.5 Å². The summed E-state index contributed by atoms with van der Waals surface area (Å²) in [6.45, 7) is 4.51. The quantitative estimate of drug-likeness (QED) is 0.517. The van der Waals surface area contributed by atoms with Crippen LogP contribution in [0, 0.1) is 6.92 Å². The topological polar surface area (TPSA) is 32.8 Å². The molecule has 2 heterocycles. The Kier molecular flexibility index (Phi) is 5.66. The van der Waals surface area contributed by atoms with Crippen LogP contribution in [-0.2, 0) is 6.61 Å². The largest absolute Gasteiger partial charge is 0.489 e.